The lowest BCUT2D eigenvalue weighted by Gasteiger charge is -1.84. The normalized spacial score (nSPS) is 10.2. The number of rotatable bonds is 2. The zero-order valence-electron chi connectivity index (χ0n) is 6.74. The molecule has 0 bridgehead atoms. The van der Waals surface area contributed by atoms with Gasteiger partial charge in [0.1, 0.15) is 5.69 Å². The van der Waals surface area contributed by atoms with Crippen molar-refractivity contribution in [2.75, 3.05) is 0 Å². The molecule has 0 unspecified atom stereocenters. The second-order valence-corrected chi connectivity index (χ2v) is 2.63. The maximum Gasteiger partial charge on any atom is 0.266 e. The van der Waals surface area contributed by atoms with Crippen LogP contribution in [0.1, 0.15) is 10.5 Å². The molecule has 2 heterocycles. The molecule has 13 heavy (non-hydrogen) atoms. The van der Waals surface area contributed by atoms with Crippen LogP contribution in [0.15, 0.2) is 24.5 Å². The first-order valence-corrected chi connectivity index (χ1v) is 3.76. The summed E-state index contributed by atoms with van der Waals surface area (Å²) in [7, 11) is 0. The number of hydrogen-bond donors (Lipinski definition) is 3. The first-order valence-electron chi connectivity index (χ1n) is 3.76. The van der Waals surface area contributed by atoms with Crippen LogP contribution in [0, 0.1) is 0 Å². The fourth-order valence-electron chi connectivity index (χ4n) is 1.08. The van der Waals surface area contributed by atoms with Gasteiger partial charge in [0, 0.05) is 18.0 Å². The molecule has 5 heteroatoms. The third-order valence-electron chi connectivity index (χ3n) is 1.74. The predicted molar refractivity (Wildman–Crippen MR) is 46.9 cm³/mol. The molecule has 2 rings (SSSR count). The van der Waals surface area contributed by atoms with Crippen LogP contribution in [-0.4, -0.2) is 21.1 Å². The largest absolute Gasteiger partial charge is 0.367 e. The number of nitrogens with two attached hydrogens (primary N) is 1. The molecule has 0 saturated carbocycles. The van der Waals surface area contributed by atoms with Crippen LogP contribution in [0.4, 0.5) is 0 Å². The van der Waals surface area contributed by atoms with Gasteiger partial charge in [-0.3, -0.25) is 9.89 Å². The fraction of sp³-hybridized carbons (Fsp3) is 0. The highest BCUT2D eigenvalue weighted by molar-refractivity contribution is 5.91. The lowest BCUT2D eigenvalue weighted by Crippen LogP contribution is -2.10. The van der Waals surface area contributed by atoms with Gasteiger partial charge in [-0.2, -0.15) is 5.10 Å². The van der Waals surface area contributed by atoms with Crippen molar-refractivity contribution < 1.29 is 4.79 Å². The zero-order valence-corrected chi connectivity index (χ0v) is 6.74. The van der Waals surface area contributed by atoms with E-state index >= 15 is 0 Å². The molecule has 1 amide bonds. The molecule has 2 aromatic heterocycles. The number of hydrogen-bond acceptors (Lipinski definition) is 2. The Bertz CT molecular complexity index is 415. The third kappa shape index (κ3) is 1.31. The van der Waals surface area contributed by atoms with Crippen molar-refractivity contribution in [1.82, 2.24) is 15.2 Å². The summed E-state index contributed by atoms with van der Waals surface area (Å²) in [6.07, 6.45) is 3.58. The molecule has 66 valence electrons. The first-order chi connectivity index (χ1) is 6.27. The van der Waals surface area contributed by atoms with Gasteiger partial charge in [0.25, 0.3) is 5.91 Å². The number of aromatic nitrogens is 3. The number of primary amides is 1. The third-order valence-corrected chi connectivity index (χ3v) is 1.74. The molecular weight excluding hydrogens is 168 g/mol. The Hall–Kier alpha value is -2.04. The van der Waals surface area contributed by atoms with Crippen molar-refractivity contribution >= 4 is 5.91 Å². The van der Waals surface area contributed by atoms with Gasteiger partial charge >= 0.3 is 0 Å². The highest BCUT2D eigenvalue weighted by Gasteiger charge is 2.06. The Kier molecular flexibility index (Phi) is 1.63. The summed E-state index contributed by atoms with van der Waals surface area (Å²) >= 11 is 0. The SMILES string of the molecule is NC(=O)c1cc(-c2cc[nH]c2)n[nH]1. The molecule has 2 aromatic rings. The van der Waals surface area contributed by atoms with Crippen molar-refractivity contribution in [3.63, 3.8) is 0 Å². The van der Waals surface area contributed by atoms with E-state index in [1.165, 1.54) is 0 Å². The van der Waals surface area contributed by atoms with E-state index in [-0.39, 0.29) is 0 Å². The molecule has 0 saturated heterocycles. The van der Waals surface area contributed by atoms with Crippen LogP contribution in [0.2, 0.25) is 0 Å². The maximum atomic E-state index is 10.7. The summed E-state index contributed by atoms with van der Waals surface area (Å²) in [5, 5.41) is 6.49. The molecule has 0 aliphatic rings. The van der Waals surface area contributed by atoms with E-state index in [4.69, 9.17) is 5.73 Å². The van der Waals surface area contributed by atoms with E-state index in [0.717, 1.165) is 5.56 Å². The Morgan fingerprint density at radius 3 is 2.92 bits per heavy atom. The Morgan fingerprint density at radius 1 is 1.54 bits per heavy atom. The lowest BCUT2D eigenvalue weighted by molar-refractivity contribution is 0.0995. The van der Waals surface area contributed by atoms with Crippen molar-refractivity contribution in [2.24, 2.45) is 5.73 Å². The number of aromatic amines is 2. The fourth-order valence-corrected chi connectivity index (χ4v) is 1.08. The van der Waals surface area contributed by atoms with E-state index in [1.54, 1.807) is 18.5 Å². The molecule has 5 nitrogen and oxygen atoms in total. The van der Waals surface area contributed by atoms with Crippen molar-refractivity contribution in [3.05, 3.63) is 30.2 Å². The number of nitrogens with one attached hydrogen (secondary N) is 2. The molecule has 0 aliphatic heterocycles. The molecule has 0 atom stereocenters. The van der Waals surface area contributed by atoms with Gasteiger partial charge < -0.3 is 10.7 Å². The number of H-pyrrole nitrogens is 2. The van der Waals surface area contributed by atoms with E-state index in [1.807, 2.05) is 6.07 Å². The summed E-state index contributed by atoms with van der Waals surface area (Å²) in [6, 6.07) is 3.48. The average molecular weight is 176 g/mol. The number of carbonyl (C=O) groups is 1. The minimum absolute atomic E-state index is 0.316. The summed E-state index contributed by atoms with van der Waals surface area (Å²) < 4.78 is 0. The minimum atomic E-state index is -0.505. The maximum absolute atomic E-state index is 10.7. The highest BCUT2D eigenvalue weighted by Crippen LogP contribution is 2.15. The van der Waals surface area contributed by atoms with E-state index in [9.17, 15) is 4.79 Å². The van der Waals surface area contributed by atoms with Gasteiger partial charge in [-0.05, 0) is 12.1 Å². The molecule has 0 fully saturated rings. The smallest absolute Gasteiger partial charge is 0.266 e. The summed E-state index contributed by atoms with van der Waals surface area (Å²) in [5.74, 6) is -0.505. The second-order valence-electron chi connectivity index (χ2n) is 2.63. The Morgan fingerprint density at radius 2 is 2.38 bits per heavy atom. The van der Waals surface area contributed by atoms with Gasteiger partial charge in [0.15, 0.2) is 0 Å². The van der Waals surface area contributed by atoms with Crippen LogP contribution >= 0.6 is 0 Å². The number of carbonyl (C=O) groups excluding carboxylic acids is 1. The van der Waals surface area contributed by atoms with Gasteiger partial charge in [-0.25, -0.2) is 0 Å². The van der Waals surface area contributed by atoms with Crippen LogP contribution < -0.4 is 5.73 Å². The molecule has 4 N–H and O–H groups in total. The predicted octanol–water partition coefficient (Wildman–Crippen LogP) is 0.504. The topological polar surface area (TPSA) is 87.6 Å². The Labute approximate surface area is 74.0 Å². The zero-order chi connectivity index (χ0) is 9.26. The number of amides is 1. The Balaban J connectivity index is 2.39. The highest BCUT2D eigenvalue weighted by atomic mass is 16.1. The molecule has 0 radical (unpaired) electrons. The van der Waals surface area contributed by atoms with Crippen LogP contribution in [-0.2, 0) is 0 Å². The molecule has 0 aromatic carbocycles. The lowest BCUT2D eigenvalue weighted by atomic mass is 10.2. The van der Waals surface area contributed by atoms with E-state index in [2.05, 4.69) is 15.2 Å². The van der Waals surface area contributed by atoms with E-state index in [0.29, 0.717) is 11.4 Å². The minimum Gasteiger partial charge on any atom is -0.367 e. The van der Waals surface area contributed by atoms with Crippen LogP contribution in [0.5, 0.6) is 0 Å². The van der Waals surface area contributed by atoms with E-state index < -0.39 is 5.91 Å². The summed E-state index contributed by atoms with van der Waals surface area (Å²) in [6.45, 7) is 0. The van der Waals surface area contributed by atoms with Gasteiger partial charge in [0.05, 0.1) is 5.69 Å². The van der Waals surface area contributed by atoms with Crippen molar-refractivity contribution in [1.29, 1.82) is 0 Å². The van der Waals surface area contributed by atoms with Crippen molar-refractivity contribution in [2.45, 2.75) is 0 Å². The van der Waals surface area contributed by atoms with Crippen LogP contribution in [0.25, 0.3) is 11.3 Å². The standard InChI is InChI=1S/C8H8N4O/c9-8(13)7-3-6(11-12-7)5-1-2-10-4-5/h1-4,10H,(H2,9,13)(H,11,12). The van der Waals surface area contributed by atoms with Crippen molar-refractivity contribution in [3.8, 4) is 11.3 Å². The monoisotopic (exact) mass is 176 g/mol. The first kappa shape index (κ1) is 7.60. The summed E-state index contributed by atoms with van der Waals surface area (Å²) in [5.41, 5.74) is 7.00. The molecular formula is C8H8N4O. The molecule has 0 aliphatic carbocycles. The molecule has 0 spiro atoms. The number of nitrogens with zero attached hydrogens (tertiary/aromatic N) is 1. The van der Waals surface area contributed by atoms with Gasteiger partial charge in [0.2, 0.25) is 0 Å². The van der Waals surface area contributed by atoms with Gasteiger partial charge in [-0.15, -0.1) is 0 Å². The average Bonchev–Trinajstić information content (AvgIpc) is 2.75. The second kappa shape index (κ2) is 2.78. The van der Waals surface area contributed by atoms with Crippen LogP contribution in [0.3, 0.4) is 0 Å². The summed E-state index contributed by atoms with van der Waals surface area (Å²) in [4.78, 5) is 13.6. The quantitative estimate of drug-likeness (QED) is 0.622. The van der Waals surface area contributed by atoms with Gasteiger partial charge in [-0.1, -0.05) is 0 Å².